The SMILES string of the molecule is COc1cc(C(C)C)c(Oc2cnc(NC(C)CN3CCN(CC=O)CC3)nc2N)cc1Cl. The highest BCUT2D eigenvalue weighted by atomic mass is 35.5. The van der Waals surface area contributed by atoms with Gasteiger partial charge < -0.3 is 25.3 Å². The fourth-order valence-corrected chi connectivity index (χ4v) is 4.04. The third-order valence-electron chi connectivity index (χ3n) is 5.61. The molecule has 1 aromatic heterocycles. The number of benzene rings is 1. The van der Waals surface area contributed by atoms with Crippen LogP contribution in [0, 0.1) is 0 Å². The van der Waals surface area contributed by atoms with E-state index in [2.05, 4.69) is 45.9 Å². The number of carbonyl (C=O) groups is 1. The summed E-state index contributed by atoms with van der Waals surface area (Å²) >= 11 is 6.30. The van der Waals surface area contributed by atoms with E-state index >= 15 is 0 Å². The average Bonchev–Trinajstić information content (AvgIpc) is 2.77. The lowest BCUT2D eigenvalue weighted by molar-refractivity contribution is -0.109. The van der Waals surface area contributed by atoms with Crippen LogP contribution in [-0.2, 0) is 4.79 Å². The number of hydrogen-bond acceptors (Lipinski definition) is 9. The quantitative estimate of drug-likeness (QED) is 0.499. The first kappa shape index (κ1) is 25.0. The summed E-state index contributed by atoms with van der Waals surface area (Å²) in [6.07, 6.45) is 2.53. The average molecular weight is 477 g/mol. The predicted molar refractivity (Wildman–Crippen MR) is 131 cm³/mol. The van der Waals surface area contributed by atoms with Gasteiger partial charge in [-0.3, -0.25) is 9.80 Å². The number of methoxy groups -OCH3 is 1. The number of anilines is 2. The van der Waals surface area contributed by atoms with Crippen LogP contribution in [0.5, 0.6) is 17.2 Å². The third-order valence-corrected chi connectivity index (χ3v) is 5.91. The van der Waals surface area contributed by atoms with Crippen molar-refractivity contribution in [1.82, 2.24) is 19.8 Å². The molecule has 2 aromatic rings. The van der Waals surface area contributed by atoms with E-state index in [0.717, 1.165) is 44.6 Å². The summed E-state index contributed by atoms with van der Waals surface area (Å²) in [6.45, 7) is 11.2. The summed E-state index contributed by atoms with van der Waals surface area (Å²) in [7, 11) is 1.58. The van der Waals surface area contributed by atoms with Crippen molar-refractivity contribution in [3.05, 3.63) is 28.9 Å². The van der Waals surface area contributed by atoms with Crippen LogP contribution in [0.4, 0.5) is 11.8 Å². The first-order chi connectivity index (χ1) is 15.8. The minimum absolute atomic E-state index is 0.127. The fraction of sp³-hybridized carbons (Fsp3) is 0.522. The fourth-order valence-electron chi connectivity index (χ4n) is 3.81. The normalized spacial score (nSPS) is 15.9. The van der Waals surface area contributed by atoms with Crippen molar-refractivity contribution >= 4 is 29.7 Å². The largest absolute Gasteiger partial charge is 0.495 e. The van der Waals surface area contributed by atoms with Crippen LogP contribution in [0.3, 0.4) is 0 Å². The monoisotopic (exact) mass is 476 g/mol. The predicted octanol–water partition coefficient (Wildman–Crippen LogP) is 3.25. The minimum Gasteiger partial charge on any atom is -0.495 e. The molecule has 1 aliphatic rings. The summed E-state index contributed by atoms with van der Waals surface area (Å²) in [6, 6.07) is 3.72. The molecule has 3 rings (SSSR count). The number of aromatic nitrogens is 2. The number of nitrogens with zero attached hydrogens (tertiary/aromatic N) is 4. The second kappa shape index (κ2) is 11.5. The van der Waals surface area contributed by atoms with Crippen LogP contribution < -0.4 is 20.5 Å². The summed E-state index contributed by atoms with van der Waals surface area (Å²) in [4.78, 5) is 23.9. The standard InChI is InChI=1S/C23H33ClN6O3/c1-15(2)17-11-20(32-4)18(24)12-19(17)33-21-13-26-23(28-22(21)25)27-16(3)14-30-7-5-29(6-8-30)9-10-31/h10-13,15-16H,5-9,14H2,1-4H3,(H3,25,26,27,28). The Morgan fingerprint density at radius 1 is 1.15 bits per heavy atom. The first-order valence-corrected chi connectivity index (χ1v) is 11.5. The molecule has 10 heteroatoms. The van der Waals surface area contributed by atoms with E-state index in [1.54, 1.807) is 19.4 Å². The highest BCUT2D eigenvalue weighted by Gasteiger charge is 2.19. The van der Waals surface area contributed by atoms with E-state index in [9.17, 15) is 4.79 Å². The molecular weight excluding hydrogens is 444 g/mol. The molecule has 0 bridgehead atoms. The number of nitrogens with two attached hydrogens (primary N) is 1. The topological polar surface area (TPSA) is 106 Å². The molecule has 0 spiro atoms. The Bertz CT molecular complexity index is 950. The number of ether oxygens (including phenoxy) is 2. The Labute approximate surface area is 200 Å². The first-order valence-electron chi connectivity index (χ1n) is 11.1. The zero-order valence-corrected chi connectivity index (χ0v) is 20.4. The van der Waals surface area contributed by atoms with Crippen molar-refractivity contribution in [3.63, 3.8) is 0 Å². The van der Waals surface area contributed by atoms with Gasteiger partial charge >= 0.3 is 0 Å². The Hall–Kier alpha value is -2.62. The van der Waals surface area contributed by atoms with Crippen molar-refractivity contribution in [2.75, 3.05) is 57.4 Å². The lowest BCUT2D eigenvalue weighted by Crippen LogP contribution is -2.49. The molecule has 1 fully saturated rings. The maximum absolute atomic E-state index is 10.7. The van der Waals surface area contributed by atoms with Gasteiger partial charge in [0.15, 0.2) is 11.6 Å². The Balaban J connectivity index is 1.62. The van der Waals surface area contributed by atoms with Crippen LogP contribution in [-0.4, -0.2) is 78.5 Å². The molecule has 180 valence electrons. The molecule has 0 radical (unpaired) electrons. The summed E-state index contributed by atoms with van der Waals surface area (Å²) in [5, 5.41) is 3.76. The zero-order chi connectivity index (χ0) is 24.0. The van der Waals surface area contributed by atoms with Crippen molar-refractivity contribution in [2.45, 2.75) is 32.7 Å². The second-order valence-corrected chi connectivity index (χ2v) is 8.94. The molecular formula is C23H33ClN6O3. The number of nitrogens with one attached hydrogen (secondary N) is 1. The van der Waals surface area contributed by atoms with E-state index in [0.29, 0.717) is 34.8 Å². The van der Waals surface area contributed by atoms with Gasteiger partial charge in [0.25, 0.3) is 0 Å². The molecule has 3 N–H and O–H groups in total. The molecule has 0 amide bonds. The zero-order valence-electron chi connectivity index (χ0n) is 19.7. The third kappa shape index (κ3) is 6.69. The van der Waals surface area contributed by atoms with Crippen LogP contribution in [0.2, 0.25) is 5.02 Å². The highest BCUT2D eigenvalue weighted by molar-refractivity contribution is 6.32. The molecule has 1 aliphatic heterocycles. The molecule has 9 nitrogen and oxygen atoms in total. The van der Waals surface area contributed by atoms with Crippen molar-refractivity contribution in [3.8, 4) is 17.2 Å². The van der Waals surface area contributed by atoms with Crippen LogP contribution in [0.15, 0.2) is 18.3 Å². The highest BCUT2D eigenvalue weighted by Crippen LogP contribution is 2.39. The molecule has 1 aromatic carbocycles. The Kier molecular flexibility index (Phi) is 8.71. The smallest absolute Gasteiger partial charge is 0.225 e. The summed E-state index contributed by atoms with van der Waals surface area (Å²) in [5.74, 6) is 2.43. The lowest BCUT2D eigenvalue weighted by atomic mass is 10.0. The number of nitrogen functional groups attached to an aromatic ring is 1. The van der Waals surface area contributed by atoms with E-state index in [1.807, 2.05) is 6.07 Å². The molecule has 2 heterocycles. The number of carbonyl (C=O) groups excluding carboxylic acids is 1. The van der Waals surface area contributed by atoms with Gasteiger partial charge in [-0.1, -0.05) is 25.4 Å². The lowest BCUT2D eigenvalue weighted by Gasteiger charge is -2.35. The molecule has 1 saturated heterocycles. The maximum Gasteiger partial charge on any atom is 0.225 e. The van der Waals surface area contributed by atoms with E-state index in [-0.39, 0.29) is 17.8 Å². The van der Waals surface area contributed by atoms with E-state index in [1.165, 1.54) is 0 Å². The van der Waals surface area contributed by atoms with E-state index in [4.69, 9.17) is 26.8 Å². The van der Waals surface area contributed by atoms with Gasteiger partial charge in [0.2, 0.25) is 5.95 Å². The Morgan fingerprint density at radius 3 is 2.45 bits per heavy atom. The molecule has 1 unspecified atom stereocenters. The summed E-state index contributed by atoms with van der Waals surface area (Å²) < 4.78 is 11.4. The maximum atomic E-state index is 10.7. The number of halogens is 1. The number of hydrogen-bond donors (Lipinski definition) is 2. The van der Waals surface area contributed by atoms with Crippen LogP contribution in [0.25, 0.3) is 0 Å². The van der Waals surface area contributed by atoms with Gasteiger partial charge in [-0.05, 0) is 18.9 Å². The molecule has 1 atom stereocenters. The number of aldehydes is 1. The van der Waals surface area contributed by atoms with Gasteiger partial charge in [-0.25, -0.2) is 4.98 Å². The van der Waals surface area contributed by atoms with Gasteiger partial charge in [-0.2, -0.15) is 4.98 Å². The summed E-state index contributed by atoms with van der Waals surface area (Å²) in [5.41, 5.74) is 7.12. The van der Waals surface area contributed by atoms with Crippen LogP contribution in [0.1, 0.15) is 32.3 Å². The van der Waals surface area contributed by atoms with Gasteiger partial charge in [0, 0.05) is 50.4 Å². The molecule has 0 saturated carbocycles. The van der Waals surface area contributed by atoms with E-state index < -0.39 is 0 Å². The van der Waals surface area contributed by atoms with Gasteiger partial charge in [0.05, 0.1) is 24.9 Å². The number of piperazine rings is 1. The van der Waals surface area contributed by atoms with Gasteiger partial charge in [0.1, 0.15) is 17.8 Å². The van der Waals surface area contributed by atoms with Crippen LogP contribution >= 0.6 is 11.6 Å². The molecule has 0 aliphatic carbocycles. The van der Waals surface area contributed by atoms with Crippen molar-refractivity contribution in [1.29, 1.82) is 0 Å². The van der Waals surface area contributed by atoms with Crippen molar-refractivity contribution < 1.29 is 14.3 Å². The van der Waals surface area contributed by atoms with Crippen molar-refractivity contribution in [2.24, 2.45) is 0 Å². The minimum atomic E-state index is 0.127. The number of rotatable bonds is 10. The Morgan fingerprint density at radius 2 is 1.85 bits per heavy atom. The molecule has 33 heavy (non-hydrogen) atoms. The van der Waals surface area contributed by atoms with Gasteiger partial charge in [-0.15, -0.1) is 0 Å². The second-order valence-electron chi connectivity index (χ2n) is 8.54.